The Morgan fingerprint density at radius 2 is 1.69 bits per heavy atom. The van der Waals surface area contributed by atoms with Crippen LogP contribution < -0.4 is 10.0 Å². The normalized spacial score (nSPS) is 15.6. The molecular weight excluding hydrogens is 259 g/mol. The Kier molecular flexibility index (Phi) is 4.47. The molecule has 0 spiro atoms. The van der Waals surface area contributed by atoms with Crippen LogP contribution in [0.25, 0.3) is 0 Å². The van der Waals surface area contributed by atoms with Gasteiger partial charge in [0, 0.05) is 5.30 Å². The summed E-state index contributed by atoms with van der Waals surface area (Å²) in [7, 11) is 1.64. The summed E-state index contributed by atoms with van der Waals surface area (Å²) in [6.45, 7) is 5.94. The Morgan fingerprint density at radius 1 is 1.19 bits per heavy atom. The fourth-order valence-corrected chi connectivity index (χ4v) is 4.74. The lowest BCUT2D eigenvalue weighted by Gasteiger charge is -2.27. The van der Waals surface area contributed by atoms with Gasteiger partial charge in [-0.25, -0.2) is 0 Å². The summed E-state index contributed by atoms with van der Waals surface area (Å²) < 4.78 is 10.9. The van der Waals surface area contributed by atoms with Crippen molar-refractivity contribution in [2.24, 2.45) is 0 Å². The van der Waals surface area contributed by atoms with Crippen LogP contribution in [0.15, 0.2) is 24.3 Å². The van der Waals surface area contributed by atoms with Crippen molar-refractivity contribution in [2.45, 2.75) is 26.4 Å². The van der Waals surface area contributed by atoms with E-state index in [1.165, 1.54) is 0 Å². The van der Waals surface area contributed by atoms with Crippen LogP contribution in [-0.2, 0) is 16.3 Å². The maximum atomic E-state index is 5.83. The average Bonchev–Trinajstić information content (AvgIpc) is 2.14. The fraction of sp³-hybridized carbons (Fsp3) is 0.455. The van der Waals surface area contributed by atoms with Gasteiger partial charge in [-0.1, -0.05) is 11.8 Å². The topological polar surface area (TPSA) is 18.5 Å². The number of benzene rings is 1. The first-order valence-electron chi connectivity index (χ1n) is 4.93. The second-order valence-electron chi connectivity index (χ2n) is 4.42. The van der Waals surface area contributed by atoms with E-state index < -0.39 is 5.47 Å². The van der Waals surface area contributed by atoms with Crippen LogP contribution in [0, 0.1) is 0 Å². The molecule has 0 N–H and O–H groups in total. The van der Waals surface area contributed by atoms with Gasteiger partial charge in [-0.2, -0.15) is 0 Å². The van der Waals surface area contributed by atoms with Crippen molar-refractivity contribution < 1.29 is 9.26 Å². The molecule has 1 unspecified atom stereocenters. The maximum absolute atomic E-state index is 5.83. The van der Waals surface area contributed by atoms with Crippen LogP contribution in [0.1, 0.15) is 20.8 Å². The molecule has 0 fully saturated rings. The lowest BCUT2D eigenvalue weighted by Crippen LogP contribution is -2.19. The number of hydrogen-bond acceptors (Lipinski definition) is 3. The Morgan fingerprint density at radius 3 is 2.06 bits per heavy atom. The van der Waals surface area contributed by atoms with E-state index in [1.807, 2.05) is 45.0 Å². The number of methoxy groups -OCH3 is 1. The van der Waals surface area contributed by atoms with Crippen LogP contribution >= 0.6 is 17.7 Å². The van der Waals surface area contributed by atoms with E-state index in [0.29, 0.717) is 0 Å². The average molecular weight is 276 g/mol. The van der Waals surface area contributed by atoms with Gasteiger partial charge in [0.05, 0.1) is 12.7 Å². The van der Waals surface area contributed by atoms with Crippen molar-refractivity contribution in [3.63, 3.8) is 0 Å². The number of thiol groups is 1. The molecule has 0 aromatic heterocycles. The van der Waals surface area contributed by atoms with Crippen LogP contribution in [0.2, 0.25) is 0 Å². The molecule has 1 aromatic rings. The molecule has 0 aliphatic carbocycles. The molecular formula is C11H17O2PS2. The standard InChI is InChI=1S/C11H17O2PS2/c1-11(2,3)13-14(15,16)10-7-5-9(12-4)6-8-10/h5-8H,1-4H3,(H,15,16). The lowest BCUT2D eigenvalue weighted by atomic mass is 10.2. The molecule has 0 aliphatic rings. The van der Waals surface area contributed by atoms with Gasteiger partial charge < -0.3 is 9.26 Å². The smallest absolute Gasteiger partial charge is 0.146 e. The summed E-state index contributed by atoms with van der Waals surface area (Å²) in [5.41, 5.74) is -2.51. The third-order valence-electron chi connectivity index (χ3n) is 1.80. The highest BCUT2D eigenvalue weighted by molar-refractivity contribution is 8.64. The molecule has 0 bridgehead atoms. The van der Waals surface area contributed by atoms with Crippen molar-refractivity contribution in [1.82, 2.24) is 0 Å². The number of hydrogen-bond donors (Lipinski definition) is 1. The summed E-state index contributed by atoms with van der Waals surface area (Å²) in [4.78, 5) is 0. The molecule has 0 saturated heterocycles. The zero-order chi connectivity index (χ0) is 12.4. The van der Waals surface area contributed by atoms with Crippen LogP contribution in [0.3, 0.4) is 0 Å². The molecule has 0 radical (unpaired) electrons. The zero-order valence-electron chi connectivity index (χ0n) is 9.93. The van der Waals surface area contributed by atoms with Crippen molar-refractivity contribution in [3.05, 3.63) is 24.3 Å². The molecule has 1 rings (SSSR count). The molecule has 1 aromatic carbocycles. The monoisotopic (exact) mass is 276 g/mol. The SMILES string of the molecule is COc1ccc(P(=S)(S)OC(C)(C)C)cc1. The van der Waals surface area contributed by atoms with Crippen LogP contribution in [0.4, 0.5) is 0 Å². The van der Waals surface area contributed by atoms with E-state index in [9.17, 15) is 0 Å². The van der Waals surface area contributed by atoms with Crippen molar-refractivity contribution in [2.75, 3.05) is 7.11 Å². The highest BCUT2D eigenvalue weighted by atomic mass is 32.9. The van der Waals surface area contributed by atoms with Crippen molar-refractivity contribution in [1.29, 1.82) is 0 Å². The van der Waals surface area contributed by atoms with Gasteiger partial charge in [0.1, 0.15) is 11.2 Å². The fourth-order valence-electron chi connectivity index (χ4n) is 1.19. The predicted octanol–water partition coefficient (Wildman–Crippen LogP) is 3.37. The Hall–Kier alpha value is -0.0200. The molecule has 0 aliphatic heterocycles. The first kappa shape index (κ1) is 14.0. The minimum Gasteiger partial charge on any atom is -0.497 e. The van der Waals surface area contributed by atoms with Gasteiger partial charge >= 0.3 is 0 Å². The molecule has 0 amide bonds. The van der Waals surface area contributed by atoms with Crippen molar-refractivity contribution >= 4 is 34.8 Å². The molecule has 0 heterocycles. The van der Waals surface area contributed by atoms with Crippen LogP contribution in [0.5, 0.6) is 5.75 Å². The number of rotatable bonds is 3. The second kappa shape index (κ2) is 5.09. The molecule has 2 nitrogen and oxygen atoms in total. The van der Waals surface area contributed by atoms with Crippen LogP contribution in [-0.4, -0.2) is 12.7 Å². The van der Waals surface area contributed by atoms with E-state index in [1.54, 1.807) is 7.11 Å². The summed E-state index contributed by atoms with van der Waals surface area (Å²) in [6, 6.07) is 7.58. The van der Waals surface area contributed by atoms with E-state index in [4.69, 9.17) is 21.1 Å². The third kappa shape index (κ3) is 4.10. The Bertz CT molecular complexity index is 395. The quantitative estimate of drug-likeness (QED) is 0.674. The molecule has 5 heteroatoms. The summed E-state index contributed by atoms with van der Waals surface area (Å²) in [5, 5.41) is 0.946. The molecule has 0 saturated carbocycles. The summed E-state index contributed by atoms with van der Waals surface area (Å²) in [6.07, 6.45) is 0. The first-order chi connectivity index (χ1) is 7.24. The number of ether oxygens (including phenoxy) is 1. The summed E-state index contributed by atoms with van der Waals surface area (Å²) in [5.74, 6) is 0.808. The predicted molar refractivity (Wildman–Crippen MR) is 76.7 cm³/mol. The van der Waals surface area contributed by atoms with Gasteiger partial charge in [0.15, 0.2) is 0 Å². The lowest BCUT2D eigenvalue weighted by molar-refractivity contribution is 0.157. The Labute approximate surface area is 108 Å². The largest absolute Gasteiger partial charge is 0.497 e. The summed E-state index contributed by atoms with van der Waals surface area (Å²) >= 11 is 9.95. The second-order valence-corrected chi connectivity index (χ2v) is 10.2. The van der Waals surface area contributed by atoms with E-state index in [-0.39, 0.29) is 5.60 Å². The highest BCUT2D eigenvalue weighted by Crippen LogP contribution is 2.54. The molecule has 90 valence electrons. The van der Waals surface area contributed by atoms with Gasteiger partial charge in [-0.3, -0.25) is 0 Å². The Balaban J connectivity index is 2.94. The van der Waals surface area contributed by atoms with Gasteiger partial charge in [-0.15, -0.1) is 12.2 Å². The van der Waals surface area contributed by atoms with Gasteiger partial charge in [0.2, 0.25) is 0 Å². The van der Waals surface area contributed by atoms with E-state index >= 15 is 0 Å². The highest BCUT2D eigenvalue weighted by Gasteiger charge is 2.23. The van der Waals surface area contributed by atoms with Crippen molar-refractivity contribution in [3.8, 4) is 5.75 Å². The minimum atomic E-state index is -2.22. The maximum Gasteiger partial charge on any atom is 0.146 e. The first-order valence-corrected chi connectivity index (χ1v) is 8.80. The van der Waals surface area contributed by atoms with E-state index in [2.05, 4.69) is 12.2 Å². The zero-order valence-corrected chi connectivity index (χ0v) is 12.5. The van der Waals surface area contributed by atoms with Gasteiger partial charge in [0.25, 0.3) is 0 Å². The molecule has 16 heavy (non-hydrogen) atoms. The minimum absolute atomic E-state index is 0.281. The third-order valence-corrected chi connectivity index (χ3v) is 5.34. The molecule has 1 atom stereocenters. The van der Waals surface area contributed by atoms with Gasteiger partial charge in [-0.05, 0) is 45.0 Å². The van der Waals surface area contributed by atoms with E-state index in [0.717, 1.165) is 11.1 Å².